The molecule has 1 saturated carbocycles. The number of nitrogens with zero attached hydrogens (tertiary/aromatic N) is 2. The van der Waals surface area contributed by atoms with Crippen LogP contribution in [-0.2, 0) is 4.79 Å². The van der Waals surface area contributed by atoms with Crippen LogP contribution in [0.25, 0.3) is 0 Å². The van der Waals surface area contributed by atoms with Crippen LogP contribution in [-0.4, -0.2) is 41.4 Å². The molecular formula is C28H31N5O5S. The zero-order chi connectivity index (χ0) is 27.5. The Labute approximate surface area is 230 Å². The van der Waals surface area contributed by atoms with E-state index in [0.717, 1.165) is 49.2 Å². The number of primary amides is 1. The van der Waals surface area contributed by atoms with Crippen molar-refractivity contribution in [1.82, 2.24) is 9.69 Å². The Bertz CT molecular complexity index is 1380. The summed E-state index contributed by atoms with van der Waals surface area (Å²) in [4.78, 5) is 41.6. The number of benzene rings is 2. The van der Waals surface area contributed by atoms with E-state index in [0.29, 0.717) is 36.0 Å². The van der Waals surface area contributed by atoms with Crippen molar-refractivity contribution in [2.24, 2.45) is 5.73 Å². The third kappa shape index (κ3) is 5.53. The fraction of sp³-hybridized carbons (Fsp3) is 0.357. The lowest BCUT2D eigenvalue weighted by atomic mass is 9.94. The molecule has 11 heteroatoms. The SMILES string of the molecule is Cc1ccc([C@H](C(=O)NC2CCCCC2)N(C(=O)c2snc(C(N)=O)c2N)c2ccc3c(c2)OCCO3)cc1. The third-order valence-corrected chi connectivity index (χ3v) is 7.88. The Morgan fingerprint density at radius 2 is 1.72 bits per heavy atom. The first-order valence-electron chi connectivity index (χ1n) is 13.0. The van der Waals surface area contributed by atoms with Gasteiger partial charge in [0.25, 0.3) is 11.8 Å². The van der Waals surface area contributed by atoms with Gasteiger partial charge in [0.15, 0.2) is 17.2 Å². The Morgan fingerprint density at radius 3 is 2.38 bits per heavy atom. The van der Waals surface area contributed by atoms with Crippen LogP contribution in [0.1, 0.15) is 69.4 Å². The van der Waals surface area contributed by atoms with E-state index in [-0.39, 0.29) is 28.2 Å². The molecule has 204 valence electrons. The quantitative estimate of drug-likeness (QED) is 0.406. The van der Waals surface area contributed by atoms with Gasteiger partial charge in [0.2, 0.25) is 5.91 Å². The highest BCUT2D eigenvalue weighted by molar-refractivity contribution is 7.09. The zero-order valence-corrected chi connectivity index (χ0v) is 22.5. The number of rotatable bonds is 7. The van der Waals surface area contributed by atoms with Crippen molar-refractivity contribution in [3.8, 4) is 11.5 Å². The number of anilines is 2. The third-order valence-electron chi connectivity index (χ3n) is 7.03. The van der Waals surface area contributed by atoms with Crippen LogP contribution in [0.15, 0.2) is 42.5 Å². The van der Waals surface area contributed by atoms with Crippen LogP contribution in [0.2, 0.25) is 0 Å². The van der Waals surface area contributed by atoms with E-state index >= 15 is 0 Å². The number of hydrogen-bond donors (Lipinski definition) is 3. The highest BCUT2D eigenvalue weighted by atomic mass is 32.1. The van der Waals surface area contributed by atoms with Crippen molar-refractivity contribution in [1.29, 1.82) is 0 Å². The number of carbonyl (C=O) groups is 3. The van der Waals surface area contributed by atoms with Crippen molar-refractivity contribution >= 4 is 40.6 Å². The van der Waals surface area contributed by atoms with Crippen LogP contribution >= 0.6 is 11.5 Å². The van der Waals surface area contributed by atoms with E-state index in [4.69, 9.17) is 20.9 Å². The number of nitrogens with one attached hydrogen (secondary N) is 1. The first-order valence-corrected chi connectivity index (χ1v) is 13.8. The largest absolute Gasteiger partial charge is 0.486 e. The molecule has 0 radical (unpaired) electrons. The molecule has 0 bridgehead atoms. The summed E-state index contributed by atoms with van der Waals surface area (Å²) in [6.07, 6.45) is 4.99. The molecule has 2 heterocycles. The normalized spacial score (nSPS) is 15.8. The number of nitrogen functional groups attached to an aromatic ring is 1. The number of amides is 3. The number of aromatic nitrogens is 1. The second-order valence-corrected chi connectivity index (χ2v) is 10.6. The summed E-state index contributed by atoms with van der Waals surface area (Å²) in [6.45, 7) is 2.73. The number of ether oxygens (including phenoxy) is 2. The van der Waals surface area contributed by atoms with Crippen molar-refractivity contribution in [2.45, 2.75) is 51.1 Å². The number of hydrogen-bond acceptors (Lipinski definition) is 8. The summed E-state index contributed by atoms with van der Waals surface area (Å²) in [5.74, 6) is -0.726. The first-order chi connectivity index (χ1) is 18.8. The topological polar surface area (TPSA) is 150 Å². The molecule has 5 N–H and O–H groups in total. The molecule has 3 amide bonds. The molecule has 10 nitrogen and oxygen atoms in total. The molecule has 39 heavy (non-hydrogen) atoms. The second-order valence-electron chi connectivity index (χ2n) is 9.80. The molecule has 5 rings (SSSR count). The molecule has 1 aliphatic carbocycles. The van der Waals surface area contributed by atoms with Gasteiger partial charge in [-0.2, -0.15) is 4.37 Å². The predicted molar refractivity (Wildman–Crippen MR) is 148 cm³/mol. The van der Waals surface area contributed by atoms with E-state index in [1.807, 2.05) is 31.2 Å². The van der Waals surface area contributed by atoms with Gasteiger partial charge in [-0.15, -0.1) is 0 Å². The van der Waals surface area contributed by atoms with Gasteiger partial charge in [-0.3, -0.25) is 19.3 Å². The van der Waals surface area contributed by atoms with E-state index in [9.17, 15) is 14.4 Å². The van der Waals surface area contributed by atoms with Gasteiger partial charge >= 0.3 is 0 Å². The smallest absolute Gasteiger partial charge is 0.273 e. The fourth-order valence-corrected chi connectivity index (χ4v) is 5.74. The maximum Gasteiger partial charge on any atom is 0.273 e. The first kappa shape index (κ1) is 26.5. The molecule has 0 unspecified atom stereocenters. The average Bonchev–Trinajstić information content (AvgIpc) is 3.33. The molecule has 1 aromatic heterocycles. The van der Waals surface area contributed by atoms with Gasteiger partial charge in [0.05, 0.1) is 5.69 Å². The minimum atomic E-state index is -1.04. The number of carbonyl (C=O) groups excluding carboxylic acids is 3. The summed E-state index contributed by atoms with van der Waals surface area (Å²) in [6, 6.07) is 11.5. The van der Waals surface area contributed by atoms with Crippen LogP contribution in [0.5, 0.6) is 11.5 Å². The summed E-state index contributed by atoms with van der Waals surface area (Å²) in [5, 5.41) is 3.18. The Kier molecular flexibility index (Phi) is 7.69. The molecule has 2 aliphatic rings. The second kappa shape index (κ2) is 11.3. The van der Waals surface area contributed by atoms with E-state index in [2.05, 4.69) is 9.69 Å². The summed E-state index contributed by atoms with van der Waals surface area (Å²) >= 11 is 0.772. The number of aryl methyl sites for hydroxylation is 1. The lowest BCUT2D eigenvalue weighted by molar-refractivity contribution is -0.123. The van der Waals surface area contributed by atoms with Crippen LogP contribution in [0.4, 0.5) is 11.4 Å². The minimum Gasteiger partial charge on any atom is -0.486 e. The standard InChI is InChI=1S/C28H31N5O5S/c1-16-7-9-17(10-8-16)24(27(35)31-18-5-3-2-4-6-18)33(19-11-12-20-21(15-19)38-14-13-37-20)28(36)25-22(29)23(26(30)34)32-39-25/h7-12,15,18,24H,2-6,13-14,29H2,1H3,(H2,30,34)(H,31,35)/t24-/m1/s1. The lowest BCUT2D eigenvalue weighted by Crippen LogP contribution is -2.47. The molecule has 0 saturated heterocycles. The molecule has 1 fully saturated rings. The summed E-state index contributed by atoms with van der Waals surface area (Å²) in [5.41, 5.74) is 13.3. The highest BCUT2D eigenvalue weighted by Gasteiger charge is 2.37. The Morgan fingerprint density at radius 1 is 1.03 bits per heavy atom. The predicted octanol–water partition coefficient (Wildman–Crippen LogP) is 3.74. The van der Waals surface area contributed by atoms with Gasteiger partial charge in [-0.1, -0.05) is 49.1 Å². The van der Waals surface area contributed by atoms with E-state index in [1.165, 1.54) is 4.90 Å². The summed E-state index contributed by atoms with van der Waals surface area (Å²) < 4.78 is 15.5. The van der Waals surface area contributed by atoms with E-state index < -0.39 is 17.9 Å². The number of fused-ring (bicyclic) bond motifs is 1. The molecule has 0 spiro atoms. The average molecular weight is 550 g/mol. The van der Waals surface area contributed by atoms with Crippen LogP contribution in [0.3, 0.4) is 0 Å². The Balaban J connectivity index is 1.63. The molecule has 1 aliphatic heterocycles. The number of nitrogens with two attached hydrogens (primary N) is 2. The maximum atomic E-state index is 14.3. The van der Waals surface area contributed by atoms with Gasteiger partial charge in [-0.05, 0) is 49.0 Å². The highest BCUT2D eigenvalue weighted by Crippen LogP contribution is 2.39. The Hall–Kier alpha value is -4.12. The van der Waals surface area contributed by atoms with Gasteiger partial charge < -0.3 is 26.3 Å². The van der Waals surface area contributed by atoms with Crippen molar-refractivity contribution < 1.29 is 23.9 Å². The molecular weight excluding hydrogens is 518 g/mol. The monoisotopic (exact) mass is 549 g/mol. The fourth-order valence-electron chi connectivity index (χ4n) is 5.00. The van der Waals surface area contributed by atoms with Gasteiger partial charge in [0, 0.05) is 17.8 Å². The molecule has 3 aromatic rings. The van der Waals surface area contributed by atoms with Crippen LogP contribution in [0, 0.1) is 6.92 Å². The zero-order valence-electron chi connectivity index (χ0n) is 21.6. The van der Waals surface area contributed by atoms with E-state index in [1.54, 1.807) is 18.2 Å². The van der Waals surface area contributed by atoms with Gasteiger partial charge in [-0.25, -0.2) is 0 Å². The minimum absolute atomic E-state index is 0.0151. The maximum absolute atomic E-state index is 14.3. The lowest BCUT2D eigenvalue weighted by Gasteiger charge is -2.34. The van der Waals surface area contributed by atoms with Gasteiger partial charge in [0.1, 0.15) is 24.1 Å². The van der Waals surface area contributed by atoms with Crippen molar-refractivity contribution in [2.75, 3.05) is 23.8 Å². The summed E-state index contributed by atoms with van der Waals surface area (Å²) in [7, 11) is 0. The molecule has 2 aromatic carbocycles. The van der Waals surface area contributed by atoms with Crippen LogP contribution < -0.4 is 31.2 Å². The molecule has 1 atom stereocenters. The van der Waals surface area contributed by atoms with Crippen molar-refractivity contribution in [3.05, 3.63) is 64.2 Å². The van der Waals surface area contributed by atoms with Crippen molar-refractivity contribution in [3.63, 3.8) is 0 Å².